The SMILES string of the molecule is O=C(O)c1cccc(C(=O)O)c1.OCC(O)CO. The predicted molar refractivity (Wildman–Crippen MR) is 60.5 cm³/mol. The van der Waals surface area contributed by atoms with E-state index in [-0.39, 0.29) is 24.3 Å². The third-order valence-corrected chi connectivity index (χ3v) is 1.78. The summed E-state index contributed by atoms with van der Waals surface area (Å²) in [5, 5.41) is 41.0. The van der Waals surface area contributed by atoms with Gasteiger partial charge in [0.05, 0.1) is 24.3 Å². The number of carboxylic acids is 2. The maximum absolute atomic E-state index is 10.4. The lowest BCUT2D eigenvalue weighted by Crippen LogP contribution is -2.15. The number of aliphatic hydroxyl groups is 3. The lowest BCUT2D eigenvalue weighted by molar-refractivity contribution is 0.0450. The Bertz CT molecular complexity index is 369. The molecular weight excluding hydrogens is 244 g/mol. The van der Waals surface area contributed by atoms with Crippen LogP contribution in [-0.4, -0.2) is 56.8 Å². The van der Waals surface area contributed by atoms with Gasteiger partial charge in [0.25, 0.3) is 0 Å². The van der Waals surface area contributed by atoms with Crippen molar-refractivity contribution in [2.45, 2.75) is 6.10 Å². The van der Waals surface area contributed by atoms with Crippen LogP contribution in [0.4, 0.5) is 0 Å². The van der Waals surface area contributed by atoms with Crippen LogP contribution >= 0.6 is 0 Å². The molecule has 100 valence electrons. The van der Waals surface area contributed by atoms with Gasteiger partial charge in [0.2, 0.25) is 0 Å². The predicted octanol–water partition coefficient (Wildman–Crippen LogP) is -0.585. The van der Waals surface area contributed by atoms with Crippen molar-refractivity contribution < 1.29 is 35.1 Å². The largest absolute Gasteiger partial charge is 0.478 e. The molecule has 0 amide bonds. The Hall–Kier alpha value is -1.96. The molecule has 1 aromatic carbocycles. The van der Waals surface area contributed by atoms with Crippen molar-refractivity contribution in [3.63, 3.8) is 0 Å². The van der Waals surface area contributed by atoms with Gasteiger partial charge in [-0.15, -0.1) is 0 Å². The molecule has 0 heterocycles. The van der Waals surface area contributed by atoms with Gasteiger partial charge >= 0.3 is 11.9 Å². The van der Waals surface area contributed by atoms with Crippen LogP contribution in [0.1, 0.15) is 20.7 Å². The normalized spacial score (nSPS) is 9.56. The fourth-order valence-corrected chi connectivity index (χ4v) is 0.843. The van der Waals surface area contributed by atoms with Gasteiger partial charge in [0, 0.05) is 0 Å². The average molecular weight is 258 g/mol. The van der Waals surface area contributed by atoms with Crippen LogP contribution in [0.25, 0.3) is 0 Å². The second-order valence-electron chi connectivity index (χ2n) is 3.21. The Labute approximate surface area is 103 Å². The van der Waals surface area contributed by atoms with Crippen molar-refractivity contribution >= 4 is 11.9 Å². The summed E-state index contributed by atoms with van der Waals surface area (Å²) in [4.78, 5) is 20.8. The zero-order valence-electron chi connectivity index (χ0n) is 9.35. The summed E-state index contributed by atoms with van der Waals surface area (Å²) in [6, 6.07) is 5.20. The van der Waals surface area contributed by atoms with E-state index in [1.54, 1.807) is 0 Å². The standard InChI is InChI=1S/C8H6O4.C3H8O3/c9-7(10)5-2-1-3-6(4-5)8(11)12;4-1-3(6)2-5/h1-4H,(H,9,10)(H,11,12);3-6H,1-2H2. The maximum atomic E-state index is 10.4. The Morgan fingerprint density at radius 3 is 1.61 bits per heavy atom. The topological polar surface area (TPSA) is 135 Å². The van der Waals surface area contributed by atoms with E-state index in [1.165, 1.54) is 18.2 Å². The summed E-state index contributed by atoms with van der Waals surface area (Å²) in [6.45, 7) is -0.729. The Balaban J connectivity index is 0.000000411. The molecule has 0 spiro atoms. The van der Waals surface area contributed by atoms with Gasteiger partial charge in [-0.25, -0.2) is 9.59 Å². The zero-order valence-corrected chi connectivity index (χ0v) is 9.35. The van der Waals surface area contributed by atoms with E-state index in [1.807, 2.05) is 0 Å². The fraction of sp³-hybridized carbons (Fsp3) is 0.273. The zero-order chi connectivity index (χ0) is 14.1. The highest BCUT2D eigenvalue weighted by atomic mass is 16.4. The van der Waals surface area contributed by atoms with Crippen molar-refractivity contribution in [1.82, 2.24) is 0 Å². The highest BCUT2D eigenvalue weighted by Gasteiger charge is 2.06. The molecule has 0 saturated carbocycles. The number of benzene rings is 1. The molecule has 7 nitrogen and oxygen atoms in total. The van der Waals surface area contributed by atoms with Gasteiger partial charge in [0.15, 0.2) is 0 Å². The minimum absolute atomic E-state index is 0.0186. The molecule has 0 fully saturated rings. The van der Waals surface area contributed by atoms with E-state index in [4.69, 9.17) is 25.5 Å². The summed E-state index contributed by atoms with van der Waals surface area (Å²) >= 11 is 0. The van der Waals surface area contributed by atoms with Gasteiger partial charge < -0.3 is 25.5 Å². The number of rotatable bonds is 4. The van der Waals surface area contributed by atoms with Crippen molar-refractivity contribution in [3.05, 3.63) is 35.4 Å². The highest BCUT2D eigenvalue weighted by molar-refractivity contribution is 5.93. The first-order chi connectivity index (χ1) is 8.42. The van der Waals surface area contributed by atoms with Crippen molar-refractivity contribution in [1.29, 1.82) is 0 Å². The third-order valence-electron chi connectivity index (χ3n) is 1.78. The van der Waals surface area contributed by atoms with E-state index in [0.29, 0.717) is 0 Å². The van der Waals surface area contributed by atoms with Crippen molar-refractivity contribution in [2.24, 2.45) is 0 Å². The number of aromatic carboxylic acids is 2. The lowest BCUT2D eigenvalue weighted by atomic mass is 10.1. The van der Waals surface area contributed by atoms with Crippen LogP contribution < -0.4 is 0 Å². The van der Waals surface area contributed by atoms with Gasteiger partial charge in [-0.1, -0.05) is 6.07 Å². The van der Waals surface area contributed by atoms with Gasteiger partial charge in [-0.05, 0) is 18.2 Å². The smallest absolute Gasteiger partial charge is 0.335 e. The van der Waals surface area contributed by atoms with Crippen molar-refractivity contribution in [3.8, 4) is 0 Å². The monoisotopic (exact) mass is 258 g/mol. The summed E-state index contributed by atoms with van der Waals surface area (Å²) in [5.41, 5.74) is -0.0372. The molecule has 0 aliphatic rings. The Kier molecular flexibility index (Phi) is 7.29. The number of hydrogen-bond donors (Lipinski definition) is 5. The van der Waals surface area contributed by atoms with Crippen LogP contribution in [0, 0.1) is 0 Å². The van der Waals surface area contributed by atoms with Gasteiger partial charge in [-0.2, -0.15) is 0 Å². The maximum Gasteiger partial charge on any atom is 0.335 e. The molecule has 18 heavy (non-hydrogen) atoms. The van der Waals surface area contributed by atoms with Crippen LogP contribution in [-0.2, 0) is 0 Å². The molecule has 1 aromatic rings. The second-order valence-corrected chi connectivity index (χ2v) is 3.21. The van der Waals surface area contributed by atoms with Crippen molar-refractivity contribution in [2.75, 3.05) is 13.2 Å². The number of carboxylic acid groups (broad SMARTS) is 2. The first kappa shape index (κ1) is 16.0. The van der Waals surface area contributed by atoms with Crippen LogP contribution in [0.5, 0.6) is 0 Å². The summed E-state index contributed by atoms with van der Waals surface area (Å²) < 4.78 is 0. The van der Waals surface area contributed by atoms with Crippen LogP contribution in [0.15, 0.2) is 24.3 Å². The molecule has 0 aliphatic heterocycles. The first-order valence-corrected chi connectivity index (χ1v) is 4.88. The van der Waals surface area contributed by atoms with E-state index in [0.717, 1.165) is 6.07 Å². The van der Waals surface area contributed by atoms with E-state index in [2.05, 4.69) is 0 Å². The average Bonchev–Trinajstić information content (AvgIpc) is 2.38. The minimum atomic E-state index is -1.13. The third kappa shape index (κ3) is 5.94. The molecule has 0 radical (unpaired) electrons. The summed E-state index contributed by atoms with van der Waals surface area (Å²) in [6.07, 6.45) is -0.954. The quantitative estimate of drug-likeness (QED) is 0.487. The van der Waals surface area contributed by atoms with E-state index in [9.17, 15) is 9.59 Å². The minimum Gasteiger partial charge on any atom is -0.478 e. The molecule has 0 bridgehead atoms. The first-order valence-electron chi connectivity index (χ1n) is 4.88. The number of aliphatic hydroxyl groups excluding tert-OH is 3. The van der Waals surface area contributed by atoms with Gasteiger partial charge in [0.1, 0.15) is 6.10 Å². The second kappa shape index (κ2) is 8.18. The molecule has 1 rings (SSSR count). The molecule has 0 atom stereocenters. The highest BCUT2D eigenvalue weighted by Crippen LogP contribution is 2.04. The number of hydrogen-bond acceptors (Lipinski definition) is 5. The molecule has 5 N–H and O–H groups in total. The van der Waals surface area contributed by atoms with E-state index >= 15 is 0 Å². The summed E-state index contributed by atoms with van der Waals surface area (Å²) in [5.74, 6) is -2.25. The Morgan fingerprint density at radius 1 is 1.00 bits per heavy atom. The molecule has 0 aliphatic carbocycles. The molecular formula is C11H14O7. The summed E-state index contributed by atoms with van der Waals surface area (Å²) in [7, 11) is 0. The molecule has 0 aromatic heterocycles. The number of carbonyl (C=O) groups is 2. The van der Waals surface area contributed by atoms with Crippen LogP contribution in [0.3, 0.4) is 0 Å². The van der Waals surface area contributed by atoms with Crippen LogP contribution in [0.2, 0.25) is 0 Å². The molecule has 7 heteroatoms. The molecule has 0 unspecified atom stereocenters. The van der Waals surface area contributed by atoms with Gasteiger partial charge in [-0.3, -0.25) is 0 Å². The van der Waals surface area contributed by atoms with E-state index < -0.39 is 18.0 Å². The fourth-order valence-electron chi connectivity index (χ4n) is 0.843. The molecule has 0 saturated heterocycles. The Morgan fingerprint density at radius 2 is 1.39 bits per heavy atom. The lowest BCUT2D eigenvalue weighted by Gasteiger charge is -1.96.